The molecule has 0 bridgehead atoms. The van der Waals surface area contributed by atoms with Crippen LogP contribution < -0.4 is 5.32 Å². The molecule has 0 atom stereocenters. The highest BCUT2D eigenvalue weighted by Crippen LogP contribution is 2.17. The van der Waals surface area contributed by atoms with Crippen molar-refractivity contribution in [1.29, 1.82) is 0 Å². The van der Waals surface area contributed by atoms with Gasteiger partial charge in [0.2, 0.25) is 0 Å². The third-order valence-electron chi connectivity index (χ3n) is 4.05. The van der Waals surface area contributed by atoms with E-state index in [9.17, 15) is 8.42 Å². The van der Waals surface area contributed by atoms with Crippen LogP contribution in [0.1, 0.15) is 40.0 Å². The maximum Gasteiger partial charge on any atom is 0.156 e. The molecule has 1 aliphatic rings. The van der Waals surface area contributed by atoms with E-state index in [1.165, 1.54) is 19.3 Å². The summed E-state index contributed by atoms with van der Waals surface area (Å²) in [5.74, 6) is 1.07. The van der Waals surface area contributed by atoms with Crippen molar-refractivity contribution in [1.82, 2.24) is 10.2 Å². The minimum absolute atomic E-state index is 0.263. The predicted molar refractivity (Wildman–Crippen MR) is 81.2 cm³/mol. The largest absolute Gasteiger partial charge is 0.317 e. The lowest BCUT2D eigenvalue weighted by Crippen LogP contribution is -2.36. The molecule has 1 rings (SSSR count). The standard InChI is InChI=1S/C14H30N2O2S/c1-14(2,3)19(17,18)12-11-16(4)10-7-13-5-8-15-9-6-13/h13,15H,5-12H2,1-4H3. The van der Waals surface area contributed by atoms with Gasteiger partial charge in [-0.15, -0.1) is 0 Å². The lowest BCUT2D eigenvalue weighted by molar-refractivity contribution is 0.279. The molecule has 1 N–H and O–H groups in total. The highest BCUT2D eigenvalue weighted by molar-refractivity contribution is 7.92. The highest BCUT2D eigenvalue weighted by Gasteiger charge is 2.28. The average molecular weight is 290 g/mol. The van der Waals surface area contributed by atoms with Crippen LogP contribution in [0.2, 0.25) is 0 Å². The van der Waals surface area contributed by atoms with Gasteiger partial charge >= 0.3 is 0 Å². The first-order valence-electron chi connectivity index (χ1n) is 7.34. The van der Waals surface area contributed by atoms with Crippen molar-refractivity contribution in [3.63, 3.8) is 0 Å². The molecule has 19 heavy (non-hydrogen) atoms. The summed E-state index contributed by atoms with van der Waals surface area (Å²) in [5.41, 5.74) is 0. The van der Waals surface area contributed by atoms with Crippen LogP contribution in [0.3, 0.4) is 0 Å². The molecule has 0 aromatic carbocycles. The van der Waals surface area contributed by atoms with Gasteiger partial charge < -0.3 is 10.2 Å². The molecule has 0 spiro atoms. The van der Waals surface area contributed by atoms with Gasteiger partial charge in [-0.1, -0.05) is 0 Å². The molecule has 1 fully saturated rings. The summed E-state index contributed by atoms with van der Waals surface area (Å²) >= 11 is 0. The number of sulfone groups is 1. The second kappa shape index (κ2) is 7.04. The van der Waals surface area contributed by atoms with Crippen molar-refractivity contribution in [2.45, 2.75) is 44.8 Å². The van der Waals surface area contributed by atoms with E-state index in [2.05, 4.69) is 10.2 Å². The highest BCUT2D eigenvalue weighted by atomic mass is 32.2. The quantitative estimate of drug-likeness (QED) is 0.806. The second-order valence-electron chi connectivity index (χ2n) is 6.72. The molecule has 0 aromatic heterocycles. The molecule has 1 aliphatic heterocycles. The van der Waals surface area contributed by atoms with E-state index in [-0.39, 0.29) is 5.75 Å². The Morgan fingerprint density at radius 3 is 2.26 bits per heavy atom. The molecule has 1 heterocycles. The van der Waals surface area contributed by atoms with Crippen LogP contribution in [-0.4, -0.2) is 57.0 Å². The second-order valence-corrected chi connectivity index (χ2v) is 9.58. The molecule has 114 valence electrons. The van der Waals surface area contributed by atoms with Crippen molar-refractivity contribution in [2.24, 2.45) is 5.92 Å². The van der Waals surface area contributed by atoms with Crippen molar-refractivity contribution >= 4 is 9.84 Å². The molecule has 0 aliphatic carbocycles. The molecule has 0 saturated carbocycles. The molecular formula is C14H30N2O2S. The number of rotatable bonds is 6. The minimum Gasteiger partial charge on any atom is -0.317 e. The maximum absolute atomic E-state index is 12.0. The summed E-state index contributed by atoms with van der Waals surface area (Å²) in [6.45, 7) is 9.24. The Morgan fingerprint density at radius 1 is 1.16 bits per heavy atom. The van der Waals surface area contributed by atoms with Crippen LogP contribution in [0.4, 0.5) is 0 Å². The minimum atomic E-state index is -2.99. The van der Waals surface area contributed by atoms with Crippen LogP contribution in [0.5, 0.6) is 0 Å². The van der Waals surface area contributed by atoms with E-state index in [1.807, 2.05) is 7.05 Å². The van der Waals surface area contributed by atoms with Crippen LogP contribution in [-0.2, 0) is 9.84 Å². The van der Waals surface area contributed by atoms with Gasteiger partial charge in [-0.3, -0.25) is 0 Å². The van der Waals surface area contributed by atoms with E-state index < -0.39 is 14.6 Å². The van der Waals surface area contributed by atoms with Gasteiger partial charge in [-0.05, 0) is 72.6 Å². The average Bonchev–Trinajstić information content (AvgIpc) is 2.34. The zero-order valence-electron chi connectivity index (χ0n) is 12.9. The molecule has 1 saturated heterocycles. The Hall–Kier alpha value is -0.130. The van der Waals surface area contributed by atoms with Gasteiger partial charge in [0.05, 0.1) is 10.5 Å². The van der Waals surface area contributed by atoms with Gasteiger partial charge in [0.15, 0.2) is 9.84 Å². The Morgan fingerprint density at radius 2 is 1.74 bits per heavy atom. The summed E-state index contributed by atoms with van der Waals surface area (Å²) in [4.78, 5) is 2.16. The number of nitrogens with zero attached hydrogens (tertiary/aromatic N) is 1. The monoisotopic (exact) mass is 290 g/mol. The van der Waals surface area contributed by atoms with Gasteiger partial charge in [-0.2, -0.15) is 0 Å². The number of nitrogens with one attached hydrogen (secondary N) is 1. The topological polar surface area (TPSA) is 49.4 Å². The third kappa shape index (κ3) is 5.79. The van der Waals surface area contributed by atoms with Gasteiger partial charge in [0.25, 0.3) is 0 Å². The summed E-state index contributed by atoms with van der Waals surface area (Å²) in [6.07, 6.45) is 3.70. The van der Waals surface area contributed by atoms with Crippen molar-refractivity contribution in [2.75, 3.05) is 39.0 Å². The normalized spacial score (nSPS) is 19.0. The Labute approximate surface area is 118 Å². The van der Waals surface area contributed by atoms with Crippen LogP contribution in [0, 0.1) is 5.92 Å². The van der Waals surface area contributed by atoms with Crippen LogP contribution in [0.15, 0.2) is 0 Å². The Balaban J connectivity index is 2.26. The molecule has 0 radical (unpaired) electrons. The first-order chi connectivity index (χ1) is 8.72. The zero-order chi connectivity index (χ0) is 14.5. The van der Waals surface area contributed by atoms with Crippen LogP contribution in [0.25, 0.3) is 0 Å². The predicted octanol–water partition coefficient (Wildman–Crippen LogP) is 1.52. The zero-order valence-corrected chi connectivity index (χ0v) is 13.7. The Bertz CT molecular complexity index is 354. The van der Waals surface area contributed by atoms with E-state index in [1.54, 1.807) is 20.8 Å². The summed E-state index contributed by atoms with van der Waals surface area (Å²) in [5, 5.41) is 3.37. The third-order valence-corrected chi connectivity index (χ3v) is 6.64. The summed E-state index contributed by atoms with van der Waals surface area (Å²) < 4.78 is 23.4. The lowest BCUT2D eigenvalue weighted by Gasteiger charge is -2.26. The number of hydrogen-bond donors (Lipinski definition) is 1. The fourth-order valence-electron chi connectivity index (χ4n) is 2.27. The van der Waals surface area contributed by atoms with Crippen molar-refractivity contribution in [3.05, 3.63) is 0 Å². The number of piperidine rings is 1. The molecule has 4 nitrogen and oxygen atoms in total. The van der Waals surface area contributed by atoms with E-state index in [4.69, 9.17) is 0 Å². The van der Waals surface area contributed by atoms with Gasteiger partial charge in [-0.25, -0.2) is 8.42 Å². The van der Waals surface area contributed by atoms with Gasteiger partial charge in [0, 0.05) is 6.54 Å². The number of hydrogen-bond acceptors (Lipinski definition) is 4. The van der Waals surface area contributed by atoms with E-state index in [0.717, 1.165) is 25.6 Å². The molecule has 0 unspecified atom stereocenters. The summed E-state index contributed by atoms with van der Waals surface area (Å²) in [7, 11) is -0.961. The molecule has 5 heteroatoms. The smallest absolute Gasteiger partial charge is 0.156 e. The first kappa shape index (κ1) is 16.9. The van der Waals surface area contributed by atoms with E-state index in [0.29, 0.717) is 6.54 Å². The van der Waals surface area contributed by atoms with Crippen molar-refractivity contribution < 1.29 is 8.42 Å². The lowest BCUT2D eigenvalue weighted by atomic mass is 9.94. The maximum atomic E-state index is 12.0. The summed E-state index contributed by atoms with van der Waals surface area (Å²) in [6, 6.07) is 0. The first-order valence-corrected chi connectivity index (χ1v) is 8.99. The Kier molecular flexibility index (Phi) is 6.27. The fourth-order valence-corrected chi connectivity index (χ4v) is 3.43. The van der Waals surface area contributed by atoms with Crippen molar-refractivity contribution in [3.8, 4) is 0 Å². The van der Waals surface area contributed by atoms with Crippen LogP contribution >= 0.6 is 0 Å². The fraction of sp³-hybridized carbons (Fsp3) is 1.00. The molecule has 0 aromatic rings. The van der Waals surface area contributed by atoms with E-state index >= 15 is 0 Å². The molecule has 0 amide bonds. The SMILES string of the molecule is CN(CCC1CCNCC1)CCS(=O)(=O)C(C)(C)C. The molecular weight excluding hydrogens is 260 g/mol. The van der Waals surface area contributed by atoms with Gasteiger partial charge in [0.1, 0.15) is 0 Å².